The first-order valence-corrected chi connectivity index (χ1v) is 8.96. The topological polar surface area (TPSA) is 66.8 Å². The van der Waals surface area contributed by atoms with E-state index >= 15 is 0 Å². The van der Waals surface area contributed by atoms with Crippen LogP contribution in [0.15, 0.2) is 30.3 Å². The maximum absolute atomic E-state index is 10.8. The quantitative estimate of drug-likeness (QED) is 0.386. The Morgan fingerprint density at radius 3 is 2.14 bits per heavy atom. The molecular weight excluding hydrogens is 636 g/mol. The van der Waals surface area contributed by atoms with Gasteiger partial charge in [0, 0.05) is 29.6 Å². The molecule has 111 valence electrons. The van der Waals surface area contributed by atoms with Gasteiger partial charge < -0.3 is 14.9 Å². The molecule has 22 heavy (non-hydrogen) atoms. The van der Waals surface area contributed by atoms with Crippen LogP contribution in [0.4, 0.5) is 0 Å². The summed E-state index contributed by atoms with van der Waals surface area (Å²) >= 11 is 6.28. The van der Waals surface area contributed by atoms with Crippen molar-refractivity contribution in [3.63, 3.8) is 0 Å². The number of hydrogen-bond donors (Lipinski definition) is 2. The van der Waals surface area contributed by atoms with Gasteiger partial charge in [0.2, 0.25) is 0 Å². The van der Waals surface area contributed by atoms with E-state index in [0.717, 1.165) is 12.7 Å². The van der Waals surface area contributed by atoms with Crippen molar-refractivity contribution in [2.24, 2.45) is 0 Å². The summed E-state index contributed by atoms with van der Waals surface area (Å²) in [7, 11) is 0. The van der Waals surface area contributed by atoms with E-state index < -0.39 is 5.97 Å². The Labute approximate surface area is 190 Å². The SMILES string of the molecule is O=C(O)Cc1cc(I)c(Oc2ccc(O)c(I)c2)c(I)c1.[Na]. The molecule has 8 heteroatoms. The summed E-state index contributed by atoms with van der Waals surface area (Å²) in [6.07, 6.45) is -0.0105. The Morgan fingerprint density at radius 2 is 1.64 bits per heavy atom. The van der Waals surface area contributed by atoms with Crippen LogP contribution in [0.5, 0.6) is 17.2 Å². The van der Waals surface area contributed by atoms with Crippen LogP contribution in [0.3, 0.4) is 0 Å². The number of rotatable bonds is 4. The number of aliphatic carboxylic acids is 1. The van der Waals surface area contributed by atoms with Gasteiger partial charge in [-0.3, -0.25) is 4.79 Å². The zero-order valence-electron chi connectivity index (χ0n) is 11.4. The van der Waals surface area contributed by atoms with Crippen molar-refractivity contribution in [1.29, 1.82) is 0 Å². The van der Waals surface area contributed by atoms with E-state index in [1.54, 1.807) is 30.3 Å². The normalized spacial score (nSPS) is 9.95. The first kappa shape index (κ1) is 20.7. The third kappa shape index (κ3) is 5.65. The van der Waals surface area contributed by atoms with Gasteiger partial charge in [0.15, 0.2) is 5.75 Å². The van der Waals surface area contributed by atoms with E-state index in [1.807, 2.05) is 22.6 Å². The Morgan fingerprint density at radius 1 is 1.05 bits per heavy atom. The molecule has 4 nitrogen and oxygen atoms in total. The van der Waals surface area contributed by atoms with Gasteiger partial charge in [-0.25, -0.2) is 0 Å². The van der Waals surface area contributed by atoms with Gasteiger partial charge in [-0.1, -0.05) is 0 Å². The van der Waals surface area contributed by atoms with Crippen LogP contribution in [0.2, 0.25) is 0 Å². The van der Waals surface area contributed by atoms with E-state index in [9.17, 15) is 9.90 Å². The molecular formula is C14H9I3NaO4. The van der Waals surface area contributed by atoms with Crippen LogP contribution in [-0.2, 0) is 11.2 Å². The predicted octanol–water partition coefficient (Wildman–Crippen LogP) is 4.24. The first-order chi connectivity index (χ1) is 9.86. The zero-order chi connectivity index (χ0) is 15.6. The summed E-state index contributed by atoms with van der Waals surface area (Å²) in [6, 6.07) is 8.62. The number of halogens is 3. The minimum atomic E-state index is -0.858. The van der Waals surface area contributed by atoms with Crippen molar-refractivity contribution < 1.29 is 19.7 Å². The molecule has 2 aromatic rings. The summed E-state index contributed by atoms with van der Waals surface area (Å²) in [5.74, 6) is 0.665. The molecule has 0 heterocycles. The second-order valence-corrected chi connectivity index (χ2v) is 7.66. The summed E-state index contributed by atoms with van der Waals surface area (Å²) in [6.45, 7) is 0. The average molecular weight is 645 g/mol. The second kappa shape index (κ2) is 9.25. The molecule has 0 saturated carbocycles. The maximum atomic E-state index is 10.8. The number of carbonyl (C=O) groups is 1. The number of hydrogen-bond acceptors (Lipinski definition) is 3. The summed E-state index contributed by atoms with van der Waals surface area (Å²) < 4.78 is 8.26. The monoisotopic (exact) mass is 645 g/mol. The Bertz CT molecular complexity index is 683. The van der Waals surface area contributed by atoms with Crippen LogP contribution in [0.25, 0.3) is 0 Å². The van der Waals surface area contributed by atoms with Crippen LogP contribution in [-0.4, -0.2) is 45.7 Å². The van der Waals surface area contributed by atoms with E-state index in [2.05, 4.69) is 45.2 Å². The van der Waals surface area contributed by atoms with Gasteiger partial charge in [0.05, 0.1) is 17.1 Å². The van der Waals surface area contributed by atoms with E-state index in [-0.39, 0.29) is 41.7 Å². The van der Waals surface area contributed by atoms with Crippen molar-refractivity contribution in [2.75, 3.05) is 0 Å². The molecule has 0 saturated heterocycles. The molecule has 0 aromatic heterocycles. The van der Waals surface area contributed by atoms with Crippen molar-refractivity contribution in [3.05, 3.63) is 46.6 Å². The fourth-order valence-electron chi connectivity index (χ4n) is 1.66. The van der Waals surface area contributed by atoms with Crippen LogP contribution >= 0.6 is 67.8 Å². The predicted molar refractivity (Wildman–Crippen MR) is 110 cm³/mol. The van der Waals surface area contributed by atoms with E-state index in [1.165, 1.54) is 0 Å². The zero-order valence-corrected chi connectivity index (χ0v) is 19.9. The van der Waals surface area contributed by atoms with Crippen molar-refractivity contribution >= 4 is 103 Å². The first-order valence-electron chi connectivity index (χ1n) is 5.73. The third-order valence-electron chi connectivity index (χ3n) is 2.55. The van der Waals surface area contributed by atoms with Crippen LogP contribution in [0, 0.1) is 10.7 Å². The molecule has 0 bridgehead atoms. The number of phenolic OH excluding ortho intramolecular Hbond substituents is 1. The summed E-state index contributed by atoms with van der Waals surface area (Å²) in [5, 5.41) is 18.4. The molecule has 0 unspecified atom stereocenters. The average Bonchev–Trinajstić information content (AvgIpc) is 2.37. The molecule has 2 rings (SSSR count). The van der Waals surface area contributed by atoms with E-state index in [0.29, 0.717) is 15.1 Å². The summed E-state index contributed by atoms with van der Waals surface area (Å²) in [4.78, 5) is 10.8. The minimum absolute atomic E-state index is 0. The second-order valence-electron chi connectivity index (χ2n) is 4.17. The Balaban J connectivity index is 0.00000242. The molecule has 0 atom stereocenters. The molecule has 2 aromatic carbocycles. The number of ether oxygens (including phenoxy) is 1. The molecule has 0 amide bonds. The number of benzene rings is 2. The maximum Gasteiger partial charge on any atom is 0.307 e. The molecule has 1 radical (unpaired) electrons. The smallest absolute Gasteiger partial charge is 0.307 e. The molecule has 0 aliphatic carbocycles. The van der Waals surface area contributed by atoms with Gasteiger partial charge in [-0.05, 0) is 104 Å². The van der Waals surface area contributed by atoms with Crippen LogP contribution in [0.1, 0.15) is 5.56 Å². The number of carboxylic acid groups (broad SMARTS) is 1. The molecule has 0 spiro atoms. The fraction of sp³-hybridized carbons (Fsp3) is 0.0714. The Kier molecular flexibility index (Phi) is 8.72. The molecule has 2 N–H and O–H groups in total. The Hall–Kier alpha value is 0.700. The molecule has 0 aliphatic heterocycles. The largest absolute Gasteiger partial charge is 0.507 e. The number of carboxylic acids is 1. The minimum Gasteiger partial charge on any atom is -0.507 e. The number of aromatic hydroxyl groups is 1. The summed E-state index contributed by atoms with van der Waals surface area (Å²) in [5.41, 5.74) is 0.740. The van der Waals surface area contributed by atoms with Gasteiger partial charge in [0.1, 0.15) is 11.5 Å². The van der Waals surface area contributed by atoms with Crippen LogP contribution < -0.4 is 4.74 Å². The standard InChI is InChI=1S/C14H9I3O4.Na/c15-9-6-8(1-2-12(9)18)21-14-10(16)3-7(4-11(14)17)5-13(19)20;/h1-4,6,18H,5H2,(H,19,20);. The van der Waals surface area contributed by atoms with E-state index in [4.69, 9.17) is 9.84 Å². The van der Waals surface area contributed by atoms with Gasteiger partial charge in [0.25, 0.3) is 0 Å². The van der Waals surface area contributed by atoms with Crippen molar-refractivity contribution in [3.8, 4) is 17.2 Å². The fourth-order valence-corrected chi connectivity index (χ4v) is 4.26. The third-order valence-corrected chi connectivity index (χ3v) is 5.02. The van der Waals surface area contributed by atoms with Crippen molar-refractivity contribution in [2.45, 2.75) is 6.42 Å². The number of phenols is 1. The van der Waals surface area contributed by atoms with Gasteiger partial charge in [-0.2, -0.15) is 0 Å². The molecule has 0 aliphatic rings. The van der Waals surface area contributed by atoms with Gasteiger partial charge in [-0.15, -0.1) is 0 Å². The van der Waals surface area contributed by atoms with Gasteiger partial charge >= 0.3 is 5.97 Å². The van der Waals surface area contributed by atoms with Crippen molar-refractivity contribution in [1.82, 2.24) is 0 Å². The molecule has 0 fully saturated rings.